The Morgan fingerprint density at radius 3 is 2.69 bits per heavy atom. The molecule has 1 fully saturated rings. The van der Waals surface area contributed by atoms with E-state index in [2.05, 4.69) is 0 Å². The molecule has 4 heteroatoms. The SMILES string of the molecule is COc1cc(Cl)ccc1C(=O)N1CCCC1. The quantitative estimate of drug-likeness (QED) is 0.794. The highest BCUT2D eigenvalue weighted by atomic mass is 35.5. The van der Waals surface area contributed by atoms with Gasteiger partial charge >= 0.3 is 0 Å². The molecule has 16 heavy (non-hydrogen) atoms. The number of likely N-dealkylation sites (tertiary alicyclic amines) is 1. The first-order chi connectivity index (χ1) is 7.72. The number of nitrogens with zero attached hydrogens (tertiary/aromatic N) is 1. The average molecular weight is 240 g/mol. The van der Waals surface area contributed by atoms with Gasteiger partial charge in [-0.2, -0.15) is 0 Å². The van der Waals surface area contributed by atoms with Crippen LogP contribution in [0.15, 0.2) is 18.2 Å². The maximum absolute atomic E-state index is 12.1. The number of carbonyl (C=O) groups is 1. The largest absolute Gasteiger partial charge is 0.496 e. The van der Waals surface area contributed by atoms with Gasteiger partial charge in [-0.25, -0.2) is 0 Å². The van der Waals surface area contributed by atoms with Crippen LogP contribution in [0.3, 0.4) is 0 Å². The standard InChI is InChI=1S/C12H14ClNO2/c1-16-11-8-9(13)4-5-10(11)12(15)14-6-2-3-7-14/h4-5,8H,2-3,6-7H2,1H3. The van der Waals surface area contributed by atoms with Crippen molar-refractivity contribution in [1.29, 1.82) is 0 Å². The van der Waals surface area contributed by atoms with Crippen molar-refractivity contribution in [3.05, 3.63) is 28.8 Å². The molecule has 1 saturated heterocycles. The van der Waals surface area contributed by atoms with E-state index in [-0.39, 0.29) is 5.91 Å². The molecule has 1 heterocycles. The van der Waals surface area contributed by atoms with Crippen molar-refractivity contribution in [2.75, 3.05) is 20.2 Å². The maximum atomic E-state index is 12.1. The van der Waals surface area contributed by atoms with Crippen LogP contribution in [0.2, 0.25) is 5.02 Å². The van der Waals surface area contributed by atoms with E-state index in [1.54, 1.807) is 25.3 Å². The molecule has 0 aromatic heterocycles. The molecule has 0 bridgehead atoms. The minimum absolute atomic E-state index is 0.0333. The van der Waals surface area contributed by atoms with Gasteiger partial charge in [-0.05, 0) is 31.0 Å². The topological polar surface area (TPSA) is 29.5 Å². The molecular formula is C12H14ClNO2. The minimum Gasteiger partial charge on any atom is -0.496 e. The number of ether oxygens (including phenoxy) is 1. The molecule has 0 radical (unpaired) electrons. The molecule has 1 aliphatic rings. The highest BCUT2D eigenvalue weighted by Crippen LogP contribution is 2.25. The van der Waals surface area contributed by atoms with Gasteiger partial charge in [0.05, 0.1) is 12.7 Å². The zero-order valence-electron chi connectivity index (χ0n) is 9.20. The molecule has 1 aromatic rings. The second-order valence-electron chi connectivity index (χ2n) is 3.84. The third-order valence-corrected chi connectivity index (χ3v) is 3.02. The van der Waals surface area contributed by atoms with Gasteiger partial charge in [0.2, 0.25) is 0 Å². The predicted molar refractivity (Wildman–Crippen MR) is 63.1 cm³/mol. The lowest BCUT2D eigenvalue weighted by molar-refractivity contribution is 0.0789. The number of hydrogen-bond acceptors (Lipinski definition) is 2. The molecule has 2 rings (SSSR count). The Morgan fingerprint density at radius 1 is 1.38 bits per heavy atom. The van der Waals surface area contributed by atoms with Crippen LogP contribution in [0.25, 0.3) is 0 Å². The van der Waals surface area contributed by atoms with E-state index in [4.69, 9.17) is 16.3 Å². The van der Waals surface area contributed by atoms with E-state index in [1.807, 2.05) is 4.90 Å². The van der Waals surface area contributed by atoms with Gasteiger partial charge in [0.15, 0.2) is 0 Å². The fraction of sp³-hybridized carbons (Fsp3) is 0.417. The van der Waals surface area contributed by atoms with Crippen molar-refractivity contribution in [2.24, 2.45) is 0 Å². The van der Waals surface area contributed by atoms with E-state index in [1.165, 1.54) is 0 Å². The number of amides is 1. The maximum Gasteiger partial charge on any atom is 0.257 e. The van der Waals surface area contributed by atoms with E-state index >= 15 is 0 Å². The summed E-state index contributed by atoms with van der Waals surface area (Å²) < 4.78 is 5.17. The lowest BCUT2D eigenvalue weighted by atomic mass is 10.2. The Morgan fingerprint density at radius 2 is 2.06 bits per heavy atom. The van der Waals surface area contributed by atoms with Gasteiger partial charge in [-0.3, -0.25) is 4.79 Å². The molecule has 1 amide bonds. The molecule has 0 aliphatic carbocycles. The molecule has 86 valence electrons. The summed E-state index contributed by atoms with van der Waals surface area (Å²) in [5, 5.41) is 0.579. The van der Waals surface area contributed by atoms with Crippen LogP contribution < -0.4 is 4.74 Å². The highest BCUT2D eigenvalue weighted by Gasteiger charge is 2.22. The molecule has 0 saturated carbocycles. The summed E-state index contributed by atoms with van der Waals surface area (Å²) in [7, 11) is 1.55. The number of hydrogen-bond donors (Lipinski definition) is 0. The summed E-state index contributed by atoms with van der Waals surface area (Å²) in [6.45, 7) is 1.68. The van der Waals surface area contributed by atoms with Gasteiger partial charge in [0, 0.05) is 18.1 Å². The Kier molecular flexibility index (Phi) is 3.34. The number of halogens is 1. The first-order valence-corrected chi connectivity index (χ1v) is 5.73. The number of methoxy groups -OCH3 is 1. The first-order valence-electron chi connectivity index (χ1n) is 5.35. The Balaban J connectivity index is 2.28. The summed E-state index contributed by atoms with van der Waals surface area (Å²) >= 11 is 5.86. The lowest BCUT2D eigenvalue weighted by Gasteiger charge is -2.17. The van der Waals surface area contributed by atoms with Gasteiger partial charge < -0.3 is 9.64 Å². The number of rotatable bonds is 2. The third kappa shape index (κ3) is 2.14. The summed E-state index contributed by atoms with van der Waals surface area (Å²) in [5.74, 6) is 0.579. The van der Waals surface area contributed by atoms with Crippen LogP contribution in [0, 0.1) is 0 Å². The molecule has 0 unspecified atom stereocenters. The van der Waals surface area contributed by atoms with Crippen LogP contribution in [0.4, 0.5) is 0 Å². The molecule has 0 spiro atoms. The van der Waals surface area contributed by atoms with E-state index in [9.17, 15) is 4.79 Å². The van der Waals surface area contributed by atoms with Crippen LogP contribution >= 0.6 is 11.6 Å². The Bertz CT molecular complexity index is 400. The fourth-order valence-corrected chi connectivity index (χ4v) is 2.09. The van der Waals surface area contributed by atoms with Gasteiger partial charge in [0.25, 0.3) is 5.91 Å². The second kappa shape index (κ2) is 4.74. The molecule has 1 aliphatic heterocycles. The zero-order valence-corrected chi connectivity index (χ0v) is 9.96. The summed E-state index contributed by atoms with van der Waals surface area (Å²) in [6.07, 6.45) is 2.17. The van der Waals surface area contributed by atoms with Crippen LogP contribution in [0.1, 0.15) is 23.2 Å². The number of carbonyl (C=O) groups excluding carboxylic acids is 1. The summed E-state index contributed by atoms with van der Waals surface area (Å²) in [6, 6.07) is 5.11. The number of benzene rings is 1. The van der Waals surface area contributed by atoms with Gasteiger partial charge in [0.1, 0.15) is 5.75 Å². The normalized spacial score (nSPS) is 15.2. The molecule has 0 atom stereocenters. The van der Waals surface area contributed by atoms with Gasteiger partial charge in [-0.1, -0.05) is 11.6 Å². The molecule has 3 nitrogen and oxygen atoms in total. The smallest absolute Gasteiger partial charge is 0.257 e. The van der Waals surface area contributed by atoms with E-state index < -0.39 is 0 Å². The lowest BCUT2D eigenvalue weighted by Crippen LogP contribution is -2.27. The minimum atomic E-state index is 0.0333. The Hall–Kier alpha value is -1.22. The van der Waals surface area contributed by atoms with Crippen molar-refractivity contribution >= 4 is 17.5 Å². The van der Waals surface area contributed by atoms with Crippen molar-refractivity contribution in [2.45, 2.75) is 12.8 Å². The van der Waals surface area contributed by atoms with Crippen molar-refractivity contribution < 1.29 is 9.53 Å². The third-order valence-electron chi connectivity index (χ3n) is 2.79. The van der Waals surface area contributed by atoms with Gasteiger partial charge in [-0.15, -0.1) is 0 Å². The van der Waals surface area contributed by atoms with E-state index in [0.717, 1.165) is 25.9 Å². The van der Waals surface area contributed by atoms with Crippen LogP contribution in [0.5, 0.6) is 5.75 Å². The molecular weight excluding hydrogens is 226 g/mol. The zero-order chi connectivity index (χ0) is 11.5. The monoisotopic (exact) mass is 239 g/mol. The van der Waals surface area contributed by atoms with Crippen molar-refractivity contribution in [3.63, 3.8) is 0 Å². The average Bonchev–Trinajstić information content (AvgIpc) is 2.81. The predicted octanol–water partition coefficient (Wildman–Crippen LogP) is 2.58. The molecule has 1 aromatic carbocycles. The first kappa shape index (κ1) is 11.3. The second-order valence-corrected chi connectivity index (χ2v) is 4.28. The highest BCUT2D eigenvalue weighted by molar-refractivity contribution is 6.30. The van der Waals surface area contributed by atoms with Crippen LogP contribution in [-0.4, -0.2) is 31.0 Å². The van der Waals surface area contributed by atoms with Crippen molar-refractivity contribution in [1.82, 2.24) is 4.90 Å². The fourth-order valence-electron chi connectivity index (χ4n) is 1.93. The summed E-state index contributed by atoms with van der Waals surface area (Å²) in [4.78, 5) is 14.0. The van der Waals surface area contributed by atoms with E-state index in [0.29, 0.717) is 16.3 Å². The van der Waals surface area contributed by atoms with Crippen molar-refractivity contribution in [3.8, 4) is 5.75 Å². The summed E-state index contributed by atoms with van der Waals surface area (Å²) in [5.41, 5.74) is 0.591. The Labute approximate surface area is 100.0 Å². The van der Waals surface area contributed by atoms with Crippen LogP contribution in [-0.2, 0) is 0 Å². The molecule has 0 N–H and O–H groups in total.